The van der Waals surface area contributed by atoms with Gasteiger partial charge in [-0.3, -0.25) is 9.59 Å². The van der Waals surface area contributed by atoms with Gasteiger partial charge in [-0.05, 0) is 36.0 Å². The number of ketones is 2. The number of hydrogen-bond acceptors (Lipinski definition) is 4. The molecule has 0 saturated heterocycles. The zero-order chi connectivity index (χ0) is 20.5. The second kappa shape index (κ2) is 8.07. The number of Topliss-reactive ketones (excluding diaryl/α,β-unsaturated/α-hetero) is 2. The maximum atomic E-state index is 13.8. The van der Waals surface area contributed by atoms with Gasteiger partial charge in [-0.15, -0.1) is 0 Å². The number of aliphatic hydroxyl groups excluding tert-OH is 1. The van der Waals surface area contributed by atoms with E-state index < -0.39 is 12.8 Å². The highest BCUT2D eigenvalue weighted by Gasteiger charge is 2.40. The number of fused-ring (bicyclic) bond motifs is 1. The van der Waals surface area contributed by atoms with Crippen LogP contribution in [0.3, 0.4) is 0 Å². The molecule has 0 bridgehead atoms. The third-order valence-electron chi connectivity index (χ3n) is 6.10. The molecule has 4 rings (SSSR count). The van der Waals surface area contributed by atoms with Gasteiger partial charge in [-0.25, -0.2) is 4.39 Å². The van der Waals surface area contributed by atoms with Crippen LogP contribution in [0.5, 0.6) is 5.75 Å². The molecule has 1 aliphatic carbocycles. The number of halogens is 1. The number of carbonyl (C=O) groups is 2. The summed E-state index contributed by atoms with van der Waals surface area (Å²) >= 11 is 0. The summed E-state index contributed by atoms with van der Waals surface area (Å²) in [5, 5.41) is 9.24. The number of benzene rings is 2. The molecule has 152 valence electrons. The van der Waals surface area contributed by atoms with Crippen LogP contribution in [0, 0.1) is 11.8 Å². The Labute approximate surface area is 169 Å². The molecule has 1 heterocycles. The molecular weight excluding hydrogens is 371 g/mol. The molecule has 1 saturated carbocycles. The fourth-order valence-electron chi connectivity index (χ4n) is 4.31. The lowest BCUT2D eigenvalue weighted by atomic mass is 9.85. The van der Waals surface area contributed by atoms with Crippen LogP contribution in [0.2, 0.25) is 0 Å². The van der Waals surface area contributed by atoms with E-state index in [-0.39, 0.29) is 42.3 Å². The molecule has 0 aromatic heterocycles. The average Bonchev–Trinajstić information content (AvgIpc) is 3.40. The maximum Gasteiger partial charge on any atom is 0.166 e. The minimum Gasteiger partial charge on any atom is -0.486 e. The second-order valence-corrected chi connectivity index (χ2v) is 7.98. The van der Waals surface area contributed by atoms with Crippen molar-refractivity contribution in [2.45, 2.75) is 38.2 Å². The van der Waals surface area contributed by atoms with E-state index in [9.17, 15) is 19.1 Å². The van der Waals surface area contributed by atoms with E-state index in [1.54, 1.807) is 19.1 Å². The van der Waals surface area contributed by atoms with Gasteiger partial charge in [0, 0.05) is 30.6 Å². The Morgan fingerprint density at radius 3 is 2.52 bits per heavy atom. The lowest BCUT2D eigenvalue weighted by molar-refractivity contribution is 0.0972. The molecule has 4 atom stereocenters. The summed E-state index contributed by atoms with van der Waals surface area (Å²) in [7, 11) is 0. The van der Waals surface area contributed by atoms with E-state index in [1.807, 2.05) is 30.3 Å². The number of ether oxygens (including phenoxy) is 1. The van der Waals surface area contributed by atoms with E-state index in [1.165, 1.54) is 0 Å². The number of rotatable bonds is 8. The molecular formula is C24H25FO4. The van der Waals surface area contributed by atoms with Gasteiger partial charge in [-0.2, -0.15) is 0 Å². The van der Waals surface area contributed by atoms with Crippen LogP contribution < -0.4 is 4.74 Å². The van der Waals surface area contributed by atoms with Gasteiger partial charge in [-0.1, -0.05) is 37.3 Å². The fourth-order valence-corrected chi connectivity index (χ4v) is 4.31. The van der Waals surface area contributed by atoms with Gasteiger partial charge in [0.15, 0.2) is 11.6 Å². The van der Waals surface area contributed by atoms with Crippen molar-refractivity contribution >= 4 is 11.6 Å². The van der Waals surface area contributed by atoms with E-state index in [0.717, 1.165) is 12.0 Å². The molecule has 5 heteroatoms. The molecule has 0 spiro atoms. The first kappa shape index (κ1) is 19.8. The molecule has 1 fully saturated rings. The Balaban J connectivity index is 1.76. The van der Waals surface area contributed by atoms with Crippen LogP contribution in [0.15, 0.2) is 42.5 Å². The molecule has 0 amide bonds. The summed E-state index contributed by atoms with van der Waals surface area (Å²) in [4.78, 5) is 25.5. The smallest absolute Gasteiger partial charge is 0.166 e. The van der Waals surface area contributed by atoms with Crippen molar-refractivity contribution in [1.82, 2.24) is 0 Å². The predicted octanol–water partition coefficient (Wildman–Crippen LogP) is 4.34. The molecule has 1 N–H and O–H groups in total. The van der Waals surface area contributed by atoms with Crippen LogP contribution in [0.4, 0.5) is 4.39 Å². The quantitative estimate of drug-likeness (QED) is 0.674. The van der Waals surface area contributed by atoms with E-state index in [2.05, 4.69) is 0 Å². The molecule has 0 unspecified atom stereocenters. The number of carbonyl (C=O) groups excluding carboxylic acids is 2. The number of aliphatic hydroxyl groups is 1. The third kappa shape index (κ3) is 3.71. The van der Waals surface area contributed by atoms with Gasteiger partial charge in [0.1, 0.15) is 18.5 Å². The highest BCUT2D eigenvalue weighted by molar-refractivity contribution is 6.04. The molecule has 29 heavy (non-hydrogen) atoms. The normalized spacial score (nSPS) is 24.7. The topological polar surface area (TPSA) is 63.6 Å². The monoisotopic (exact) mass is 396 g/mol. The summed E-state index contributed by atoms with van der Waals surface area (Å²) in [5.74, 6) is 0.270. The summed E-state index contributed by atoms with van der Waals surface area (Å²) in [6.07, 6.45) is 0.767. The van der Waals surface area contributed by atoms with Crippen molar-refractivity contribution in [1.29, 1.82) is 0 Å². The third-order valence-corrected chi connectivity index (χ3v) is 6.10. The van der Waals surface area contributed by atoms with Crippen LogP contribution in [0.1, 0.15) is 63.9 Å². The molecule has 2 aliphatic rings. The van der Waals surface area contributed by atoms with E-state index in [0.29, 0.717) is 28.9 Å². The Hall–Kier alpha value is -2.53. The number of hydrogen-bond donors (Lipinski definition) is 1. The van der Waals surface area contributed by atoms with E-state index >= 15 is 0 Å². The van der Waals surface area contributed by atoms with Crippen molar-refractivity contribution < 1.29 is 23.8 Å². The van der Waals surface area contributed by atoms with E-state index in [4.69, 9.17) is 4.74 Å². The molecule has 1 aliphatic heterocycles. The van der Waals surface area contributed by atoms with Gasteiger partial charge >= 0.3 is 0 Å². The first-order valence-corrected chi connectivity index (χ1v) is 10.2. The molecule has 4 nitrogen and oxygen atoms in total. The van der Waals surface area contributed by atoms with Crippen molar-refractivity contribution in [3.8, 4) is 5.75 Å². The van der Waals surface area contributed by atoms with Crippen LogP contribution >= 0.6 is 0 Å². The summed E-state index contributed by atoms with van der Waals surface area (Å²) in [5.41, 5.74) is 2.43. The maximum absolute atomic E-state index is 13.8. The minimum absolute atomic E-state index is 0.0468. The Kier molecular flexibility index (Phi) is 5.50. The standard InChI is InChI=1S/C24H25FO4/c1-2-20(27)18-9-16(21(28)11-15-8-17(15)13-26)10-19-23(14-6-4-3-5-7-14)22(12-25)29-24(18)19/h3-7,9-10,15,17,22-23,26H,2,8,11-13H2,1H3/t15-,17-,22-,23+/m0/s1. The first-order valence-electron chi connectivity index (χ1n) is 10.2. The summed E-state index contributed by atoms with van der Waals surface area (Å²) in [6.45, 7) is 1.18. The lowest BCUT2D eigenvalue weighted by Crippen LogP contribution is -2.22. The lowest BCUT2D eigenvalue weighted by Gasteiger charge is -2.16. The second-order valence-electron chi connectivity index (χ2n) is 7.98. The fraction of sp³-hybridized carbons (Fsp3) is 0.417. The first-order chi connectivity index (χ1) is 14.1. The van der Waals surface area contributed by atoms with Crippen molar-refractivity contribution in [2.24, 2.45) is 11.8 Å². The largest absolute Gasteiger partial charge is 0.486 e. The van der Waals surface area contributed by atoms with Crippen LogP contribution in [-0.2, 0) is 0 Å². The van der Waals surface area contributed by atoms with Gasteiger partial charge in [0.2, 0.25) is 0 Å². The molecule has 2 aromatic rings. The highest BCUT2D eigenvalue weighted by atomic mass is 19.1. The van der Waals surface area contributed by atoms with Crippen LogP contribution in [-0.4, -0.2) is 36.1 Å². The predicted molar refractivity (Wildman–Crippen MR) is 107 cm³/mol. The summed E-state index contributed by atoms with van der Waals surface area (Å²) < 4.78 is 19.7. The minimum atomic E-state index is -0.719. The number of alkyl halides is 1. The zero-order valence-corrected chi connectivity index (χ0v) is 16.4. The van der Waals surface area contributed by atoms with Crippen molar-refractivity contribution in [3.05, 3.63) is 64.7 Å². The SMILES string of the molecule is CCC(=O)c1cc(C(=O)C[C@@H]2C[C@H]2CO)cc2c1O[C@@H](CF)[C@@H]2c1ccccc1. The average molecular weight is 396 g/mol. The van der Waals surface area contributed by atoms with Crippen molar-refractivity contribution in [3.63, 3.8) is 0 Å². The Morgan fingerprint density at radius 2 is 1.90 bits per heavy atom. The van der Waals surface area contributed by atoms with Gasteiger partial charge in [0.05, 0.1) is 11.5 Å². The summed E-state index contributed by atoms with van der Waals surface area (Å²) in [6, 6.07) is 12.9. The highest BCUT2D eigenvalue weighted by Crippen LogP contribution is 2.46. The Morgan fingerprint density at radius 1 is 1.14 bits per heavy atom. The Bertz CT molecular complexity index is 924. The van der Waals surface area contributed by atoms with Gasteiger partial charge < -0.3 is 9.84 Å². The molecule has 2 aromatic carbocycles. The zero-order valence-electron chi connectivity index (χ0n) is 16.4. The molecule has 0 radical (unpaired) electrons. The van der Waals surface area contributed by atoms with Crippen LogP contribution in [0.25, 0.3) is 0 Å². The van der Waals surface area contributed by atoms with Gasteiger partial charge in [0.25, 0.3) is 0 Å². The van der Waals surface area contributed by atoms with Crippen molar-refractivity contribution in [2.75, 3.05) is 13.3 Å².